The summed E-state index contributed by atoms with van der Waals surface area (Å²) in [5.41, 5.74) is 0. The molecule has 0 aliphatic rings. The molecule has 2 atom stereocenters. The molecule has 0 fully saturated rings. The van der Waals surface area contributed by atoms with E-state index < -0.39 is 7.37 Å². The first kappa shape index (κ1) is 14.0. The monoisotopic (exact) mass is 250 g/mol. The van der Waals surface area contributed by atoms with E-state index in [4.69, 9.17) is 4.52 Å². The molecule has 0 heterocycles. The van der Waals surface area contributed by atoms with Gasteiger partial charge in [-0.1, -0.05) is 36.4 Å². The quantitative estimate of drug-likeness (QED) is 0.567. The van der Waals surface area contributed by atoms with Crippen molar-refractivity contribution in [2.24, 2.45) is 0 Å². The molecule has 0 aliphatic heterocycles. The van der Waals surface area contributed by atoms with Crippen LogP contribution < -0.4 is 5.30 Å². The van der Waals surface area contributed by atoms with E-state index in [9.17, 15) is 4.57 Å². The molecule has 0 saturated carbocycles. The molecule has 92 valence electrons. The van der Waals surface area contributed by atoms with E-state index in [1.807, 2.05) is 56.3 Å². The van der Waals surface area contributed by atoms with E-state index in [-0.39, 0.29) is 6.10 Å². The summed E-state index contributed by atoms with van der Waals surface area (Å²) in [6.45, 7) is 7.41. The van der Waals surface area contributed by atoms with Gasteiger partial charge in [0.25, 0.3) is 0 Å². The summed E-state index contributed by atoms with van der Waals surface area (Å²) in [4.78, 5) is 0. The van der Waals surface area contributed by atoms with E-state index in [1.165, 1.54) is 0 Å². The number of rotatable bonds is 6. The second-order valence-corrected chi connectivity index (χ2v) is 6.25. The molecule has 0 spiro atoms. The van der Waals surface area contributed by atoms with Crippen LogP contribution in [-0.4, -0.2) is 12.3 Å². The molecule has 0 saturated heterocycles. The Hall–Kier alpha value is -1.11. The Morgan fingerprint density at radius 1 is 1.41 bits per heavy atom. The average molecular weight is 250 g/mol. The largest absolute Gasteiger partial charge is 0.318 e. The molecule has 0 amide bonds. The zero-order valence-electron chi connectivity index (χ0n) is 10.4. The number of benzene rings is 1. The third kappa shape index (κ3) is 3.99. The fourth-order valence-electron chi connectivity index (χ4n) is 1.42. The highest BCUT2D eigenvalue weighted by Gasteiger charge is 2.25. The highest BCUT2D eigenvalue weighted by atomic mass is 31.2. The fourth-order valence-corrected chi connectivity index (χ4v) is 3.58. The lowest BCUT2D eigenvalue weighted by molar-refractivity contribution is 0.277. The molecule has 1 aromatic carbocycles. The van der Waals surface area contributed by atoms with Crippen LogP contribution in [0.2, 0.25) is 0 Å². The van der Waals surface area contributed by atoms with Crippen LogP contribution in [0.5, 0.6) is 0 Å². The van der Waals surface area contributed by atoms with Crippen molar-refractivity contribution >= 4 is 12.7 Å². The molecular formula is C14H19O2P. The maximum atomic E-state index is 12.8. The molecule has 0 bridgehead atoms. The molecule has 1 rings (SSSR count). The SMILES string of the molecule is C=CC(C)OP(=O)(C/C=C/C)c1ccccc1. The zero-order chi connectivity index (χ0) is 12.7. The van der Waals surface area contributed by atoms with Gasteiger partial charge in [-0.15, -0.1) is 6.58 Å². The van der Waals surface area contributed by atoms with E-state index in [0.717, 1.165) is 5.30 Å². The predicted octanol–water partition coefficient (Wildman–Crippen LogP) is 3.76. The molecule has 3 heteroatoms. The molecular weight excluding hydrogens is 231 g/mol. The summed E-state index contributed by atoms with van der Waals surface area (Å²) >= 11 is 0. The van der Waals surface area contributed by atoms with Gasteiger partial charge >= 0.3 is 0 Å². The van der Waals surface area contributed by atoms with Crippen molar-refractivity contribution < 1.29 is 9.09 Å². The van der Waals surface area contributed by atoms with Crippen LogP contribution in [0.15, 0.2) is 55.1 Å². The van der Waals surface area contributed by atoms with Crippen molar-refractivity contribution in [3.05, 3.63) is 55.1 Å². The maximum Gasteiger partial charge on any atom is 0.236 e. The maximum absolute atomic E-state index is 12.8. The van der Waals surface area contributed by atoms with Gasteiger partial charge in [0.15, 0.2) is 0 Å². The van der Waals surface area contributed by atoms with Crippen LogP contribution in [0.25, 0.3) is 0 Å². The number of hydrogen-bond acceptors (Lipinski definition) is 2. The van der Waals surface area contributed by atoms with Crippen molar-refractivity contribution in [3.63, 3.8) is 0 Å². The first-order valence-corrected chi connectivity index (χ1v) is 7.50. The molecule has 0 radical (unpaired) electrons. The summed E-state index contributed by atoms with van der Waals surface area (Å²) in [6, 6.07) is 9.35. The Labute approximate surface area is 103 Å². The smallest absolute Gasteiger partial charge is 0.236 e. The van der Waals surface area contributed by atoms with Gasteiger partial charge in [0.2, 0.25) is 7.37 Å². The van der Waals surface area contributed by atoms with Gasteiger partial charge in [-0.2, -0.15) is 0 Å². The molecule has 0 aliphatic carbocycles. The second-order valence-electron chi connectivity index (χ2n) is 3.81. The van der Waals surface area contributed by atoms with Crippen molar-refractivity contribution in [3.8, 4) is 0 Å². The van der Waals surface area contributed by atoms with Crippen LogP contribution in [0.4, 0.5) is 0 Å². The van der Waals surface area contributed by atoms with E-state index in [1.54, 1.807) is 6.08 Å². The summed E-state index contributed by atoms with van der Waals surface area (Å²) in [5, 5.41) is 0.756. The standard InChI is InChI=1S/C14H19O2P/c1-4-6-12-17(15,16-13(3)5-2)14-10-8-7-9-11-14/h4-11,13H,2,12H2,1,3H3/b6-4+. The Kier molecular flexibility index (Phi) is 5.40. The molecule has 2 nitrogen and oxygen atoms in total. The lowest BCUT2D eigenvalue weighted by Gasteiger charge is -2.20. The third-order valence-corrected chi connectivity index (χ3v) is 4.85. The minimum absolute atomic E-state index is 0.216. The van der Waals surface area contributed by atoms with E-state index in [0.29, 0.717) is 6.16 Å². The fraction of sp³-hybridized carbons (Fsp3) is 0.286. The van der Waals surface area contributed by atoms with Crippen molar-refractivity contribution in [1.82, 2.24) is 0 Å². The minimum Gasteiger partial charge on any atom is -0.318 e. The first-order valence-electron chi connectivity index (χ1n) is 5.69. The molecule has 1 aromatic rings. The molecule has 17 heavy (non-hydrogen) atoms. The van der Waals surface area contributed by atoms with Gasteiger partial charge in [-0.3, -0.25) is 4.57 Å². The Bertz CT molecular complexity index is 423. The zero-order valence-corrected chi connectivity index (χ0v) is 11.3. The number of allylic oxidation sites excluding steroid dienone is 2. The Morgan fingerprint density at radius 2 is 2.06 bits per heavy atom. The molecule has 2 unspecified atom stereocenters. The summed E-state index contributed by atoms with van der Waals surface area (Å²) < 4.78 is 18.5. The van der Waals surface area contributed by atoms with Crippen molar-refractivity contribution in [2.75, 3.05) is 6.16 Å². The molecule has 0 aromatic heterocycles. The van der Waals surface area contributed by atoms with Gasteiger partial charge in [0.1, 0.15) is 0 Å². The lowest BCUT2D eigenvalue weighted by Crippen LogP contribution is -2.13. The summed E-state index contributed by atoms with van der Waals surface area (Å²) in [7, 11) is -2.82. The van der Waals surface area contributed by atoms with E-state index in [2.05, 4.69) is 6.58 Å². The van der Waals surface area contributed by atoms with Crippen LogP contribution in [0.3, 0.4) is 0 Å². The highest BCUT2D eigenvalue weighted by molar-refractivity contribution is 7.67. The third-order valence-electron chi connectivity index (χ3n) is 2.40. The molecule has 0 N–H and O–H groups in total. The Morgan fingerprint density at radius 3 is 2.59 bits per heavy atom. The minimum atomic E-state index is -2.82. The number of hydrogen-bond donors (Lipinski definition) is 0. The van der Waals surface area contributed by atoms with Crippen LogP contribution >= 0.6 is 7.37 Å². The van der Waals surface area contributed by atoms with Gasteiger partial charge in [-0.05, 0) is 26.0 Å². The Balaban J connectivity index is 3.01. The van der Waals surface area contributed by atoms with Gasteiger partial charge < -0.3 is 4.52 Å². The van der Waals surface area contributed by atoms with Crippen LogP contribution in [0, 0.1) is 0 Å². The highest BCUT2D eigenvalue weighted by Crippen LogP contribution is 2.47. The topological polar surface area (TPSA) is 26.3 Å². The van der Waals surface area contributed by atoms with Gasteiger partial charge in [0.05, 0.1) is 6.10 Å². The average Bonchev–Trinajstić information content (AvgIpc) is 2.37. The predicted molar refractivity (Wildman–Crippen MR) is 74.1 cm³/mol. The summed E-state index contributed by atoms with van der Waals surface area (Å²) in [5.74, 6) is 0. The normalized spacial score (nSPS) is 16.6. The van der Waals surface area contributed by atoms with E-state index >= 15 is 0 Å². The first-order chi connectivity index (χ1) is 8.12. The van der Waals surface area contributed by atoms with Crippen LogP contribution in [-0.2, 0) is 9.09 Å². The second kappa shape index (κ2) is 6.58. The van der Waals surface area contributed by atoms with Gasteiger partial charge in [-0.25, -0.2) is 0 Å². The lowest BCUT2D eigenvalue weighted by atomic mass is 10.4. The van der Waals surface area contributed by atoms with Gasteiger partial charge in [0, 0.05) is 11.5 Å². The van der Waals surface area contributed by atoms with Crippen molar-refractivity contribution in [1.29, 1.82) is 0 Å². The summed E-state index contributed by atoms with van der Waals surface area (Å²) in [6.07, 6.45) is 5.63. The van der Waals surface area contributed by atoms with Crippen molar-refractivity contribution in [2.45, 2.75) is 20.0 Å². The van der Waals surface area contributed by atoms with Crippen LogP contribution in [0.1, 0.15) is 13.8 Å².